The molecule has 3 aromatic rings. The molecule has 21 heavy (non-hydrogen) atoms. The maximum Gasteiger partial charge on any atom is 0.0847 e. The van der Waals surface area contributed by atoms with Crippen LogP contribution in [0.1, 0.15) is 29.2 Å². The fourth-order valence-electron chi connectivity index (χ4n) is 2.46. The Morgan fingerprint density at radius 3 is 2.95 bits per heavy atom. The quantitative estimate of drug-likeness (QED) is 0.547. The van der Waals surface area contributed by atoms with E-state index in [1.54, 1.807) is 22.7 Å². The summed E-state index contributed by atoms with van der Waals surface area (Å²) in [4.78, 5) is 1.23. The van der Waals surface area contributed by atoms with Gasteiger partial charge in [-0.05, 0) is 31.4 Å². The van der Waals surface area contributed by atoms with Crippen LogP contribution in [-0.4, -0.2) is 9.78 Å². The first-order valence-electron chi connectivity index (χ1n) is 6.78. The summed E-state index contributed by atoms with van der Waals surface area (Å²) in [5.41, 5.74) is 4.83. The number of thiophene rings is 2. The molecule has 0 aliphatic heterocycles. The maximum absolute atomic E-state index is 6.39. The fourth-order valence-corrected chi connectivity index (χ4v) is 4.85. The fraction of sp³-hybridized carbons (Fsp3) is 0.357. The standard InChI is InChI=1S/C14H17ClN4S2/c1-3-19-10(14(15)8(2)18-19)6-9(17-16)12-7-13-11(21-12)4-5-20-13/h4-5,7,9,17H,3,6,16H2,1-2H3. The Hall–Kier alpha value is -0.920. The van der Waals surface area contributed by atoms with Gasteiger partial charge >= 0.3 is 0 Å². The summed E-state index contributed by atoms with van der Waals surface area (Å²) in [7, 11) is 0. The molecule has 112 valence electrons. The Balaban J connectivity index is 1.92. The smallest absolute Gasteiger partial charge is 0.0847 e. The molecule has 1 atom stereocenters. The largest absolute Gasteiger partial charge is 0.271 e. The van der Waals surface area contributed by atoms with Gasteiger partial charge in [-0.1, -0.05) is 11.6 Å². The van der Waals surface area contributed by atoms with Gasteiger partial charge < -0.3 is 0 Å². The summed E-state index contributed by atoms with van der Waals surface area (Å²) >= 11 is 9.92. The highest BCUT2D eigenvalue weighted by atomic mass is 35.5. The Bertz CT molecular complexity index is 730. The van der Waals surface area contributed by atoms with E-state index in [9.17, 15) is 0 Å². The van der Waals surface area contributed by atoms with Gasteiger partial charge in [0.05, 0.1) is 22.5 Å². The zero-order valence-electron chi connectivity index (χ0n) is 11.9. The van der Waals surface area contributed by atoms with Gasteiger partial charge in [0.1, 0.15) is 0 Å². The van der Waals surface area contributed by atoms with Crippen LogP contribution in [0.5, 0.6) is 0 Å². The van der Waals surface area contributed by atoms with Crippen molar-refractivity contribution in [1.29, 1.82) is 0 Å². The number of rotatable bonds is 5. The number of hydrogen-bond acceptors (Lipinski definition) is 5. The van der Waals surface area contributed by atoms with Crippen LogP contribution in [-0.2, 0) is 13.0 Å². The topological polar surface area (TPSA) is 55.9 Å². The molecule has 3 aromatic heterocycles. The molecule has 0 aromatic carbocycles. The van der Waals surface area contributed by atoms with Crippen molar-refractivity contribution in [2.24, 2.45) is 5.84 Å². The Morgan fingerprint density at radius 2 is 2.29 bits per heavy atom. The molecule has 0 spiro atoms. The zero-order valence-corrected chi connectivity index (χ0v) is 14.3. The normalized spacial score (nSPS) is 13.1. The maximum atomic E-state index is 6.39. The second-order valence-electron chi connectivity index (χ2n) is 4.88. The van der Waals surface area contributed by atoms with Crippen LogP contribution in [0, 0.1) is 6.92 Å². The molecule has 4 nitrogen and oxygen atoms in total. The summed E-state index contributed by atoms with van der Waals surface area (Å²) in [5.74, 6) is 5.78. The van der Waals surface area contributed by atoms with Crippen LogP contribution < -0.4 is 11.3 Å². The van der Waals surface area contributed by atoms with Crippen molar-refractivity contribution >= 4 is 43.7 Å². The molecule has 0 radical (unpaired) electrons. The van der Waals surface area contributed by atoms with E-state index in [1.807, 2.05) is 11.6 Å². The minimum Gasteiger partial charge on any atom is -0.271 e. The monoisotopic (exact) mass is 340 g/mol. The molecular formula is C14H17ClN4S2. The summed E-state index contributed by atoms with van der Waals surface area (Å²) in [6.45, 7) is 4.81. The second kappa shape index (κ2) is 6.06. The average Bonchev–Trinajstić information content (AvgIpc) is 3.12. The lowest BCUT2D eigenvalue weighted by molar-refractivity contribution is 0.523. The van der Waals surface area contributed by atoms with Gasteiger partial charge in [0.15, 0.2) is 0 Å². The van der Waals surface area contributed by atoms with Gasteiger partial charge in [0, 0.05) is 27.2 Å². The molecule has 0 saturated heterocycles. The van der Waals surface area contributed by atoms with E-state index in [4.69, 9.17) is 17.4 Å². The lowest BCUT2D eigenvalue weighted by atomic mass is 10.1. The van der Waals surface area contributed by atoms with Crippen LogP contribution in [0.2, 0.25) is 5.02 Å². The molecule has 3 heterocycles. The van der Waals surface area contributed by atoms with Crippen molar-refractivity contribution in [2.75, 3.05) is 0 Å². The van der Waals surface area contributed by atoms with E-state index in [0.29, 0.717) is 0 Å². The predicted molar refractivity (Wildman–Crippen MR) is 91.1 cm³/mol. The summed E-state index contributed by atoms with van der Waals surface area (Å²) in [6, 6.07) is 4.41. The highest BCUT2D eigenvalue weighted by Crippen LogP contribution is 2.35. The van der Waals surface area contributed by atoms with Gasteiger partial charge in [0.25, 0.3) is 0 Å². The molecule has 0 bridgehead atoms. The van der Waals surface area contributed by atoms with Crippen LogP contribution in [0.25, 0.3) is 9.40 Å². The Kier molecular flexibility index (Phi) is 4.33. The SMILES string of the molecule is CCn1nc(C)c(Cl)c1CC(NN)c1cc2sccc2s1. The minimum atomic E-state index is 0.0495. The van der Waals surface area contributed by atoms with E-state index < -0.39 is 0 Å². The first kappa shape index (κ1) is 15.0. The molecule has 3 N–H and O–H groups in total. The minimum absolute atomic E-state index is 0.0495. The molecule has 0 aliphatic rings. The first-order valence-corrected chi connectivity index (χ1v) is 8.86. The molecule has 0 aliphatic carbocycles. The highest BCUT2D eigenvalue weighted by molar-refractivity contribution is 7.26. The molecular weight excluding hydrogens is 324 g/mol. The van der Waals surface area contributed by atoms with Gasteiger partial charge in [-0.25, -0.2) is 0 Å². The second-order valence-corrected chi connectivity index (χ2v) is 7.32. The van der Waals surface area contributed by atoms with Crippen molar-refractivity contribution < 1.29 is 0 Å². The third-order valence-corrected chi connectivity index (χ3v) is 6.25. The molecule has 0 fully saturated rings. The third kappa shape index (κ3) is 2.74. The summed E-state index contributed by atoms with van der Waals surface area (Å²) in [5, 5.41) is 7.32. The summed E-state index contributed by atoms with van der Waals surface area (Å²) in [6.07, 6.45) is 0.734. The Labute approximate surface area is 136 Å². The highest BCUT2D eigenvalue weighted by Gasteiger charge is 2.20. The van der Waals surface area contributed by atoms with E-state index in [1.165, 1.54) is 14.3 Å². The number of halogens is 1. The number of fused-ring (bicyclic) bond motifs is 1. The van der Waals surface area contributed by atoms with Gasteiger partial charge in [-0.3, -0.25) is 16.0 Å². The van der Waals surface area contributed by atoms with E-state index >= 15 is 0 Å². The number of hydrogen-bond donors (Lipinski definition) is 2. The lowest BCUT2D eigenvalue weighted by Gasteiger charge is -2.15. The Morgan fingerprint density at radius 1 is 1.48 bits per heavy atom. The van der Waals surface area contributed by atoms with E-state index in [-0.39, 0.29) is 6.04 Å². The van der Waals surface area contributed by atoms with Crippen LogP contribution in [0.4, 0.5) is 0 Å². The third-order valence-electron chi connectivity index (χ3n) is 3.55. The number of hydrazine groups is 1. The molecule has 0 amide bonds. The number of nitrogens with one attached hydrogen (secondary N) is 1. The lowest BCUT2D eigenvalue weighted by Crippen LogP contribution is -2.29. The van der Waals surface area contributed by atoms with Crippen molar-refractivity contribution in [2.45, 2.75) is 32.9 Å². The number of aromatic nitrogens is 2. The summed E-state index contributed by atoms with van der Waals surface area (Å²) < 4.78 is 4.57. The number of aryl methyl sites for hydroxylation is 2. The average molecular weight is 341 g/mol. The number of nitrogens with two attached hydrogens (primary N) is 1. The van der Waals surface area contributed by atoms with Crippen molar-refractivity contribution in [3.05, 3.63) is 38.8 Å². The van der Waals surface area contributed by atoms with Crippen LogP contribution >= 0.6 is 34.3 Å². The predicted octanol–water partition coefficient (Wildman–Crippen LogP) is 3.89. The molecule has 3 rings (SSSR count). The van der Waals surface area contributed by atoms with E-state index in [0.717, 1.165) is 29.4 Å². The first-order chi connectivity index (χ1) is 10.1. The van der Waals surface area contributed by atoms with Crippen molar-refractivity contribution in [3.8, 4) is 0 Å². The van der Waals surface area contributed by atoms with E-state index in [2.05, 4.69) is 35.0 Å². The molecule has 0 saturated carbocycles. The van der Waals surface area contributed by atoms with Crippen LogP contribution in [0.3, 0.4) is 0 Å². The van der Waals surface area contributed by atoms with Crippen molar-refractivity contribution in [1.82, 2.24) is 15.2 Å². The van der Waals surface area contributed by atoms with Gasteiger partial charge in [-0.2, -0.15) is 5.10 Å². The zero-order chi connectivity index (χ0) is 15.0. The van der Waals surface area contributed by atoms with Gasteiger partial charge in [-0.15, -0.1) is 22.7 Å². The van der Waals surface area contributed by atoms with Crippen LogP contribution in [0.15, 0.2) is 17.5 Å². The molecule has 1 unspecified atom stereocenters. The number of nitrogens with zero attached hydrogens (tertiary/aromatic N) is 2. The van der Waals surface area contributed by atoms with Crippen molar-refractivity contribution in [3.63, 3.8) is 0 Å². The van der Waals surface area contributed by atoms with Gasteiger partial charge in [0.2, 0.25) is 0 Å². The molecule has 7 heteroatoms.